The molecule has 0 radical (unpaired) electrons. The molecule has 5 heteroatoms. The fourth-order valence-electron chi connectivity index (χ4n) is 2.39. The van der Waals surface area contributed by atoms with Gasteiger partial charge in [0.1, 0.15) is 5.82 Å². The second-order valence-corrected chi connectivity index (χ2v) is 5.69. The SMILES string of the molecule is COCc1nc(-c2c(C)cc(C)cc2C)nc(N)c1Br. The van der Waals surface area contributed by atoms with Crippen LogP contribution in [0.2, 0.25) is 0 Å². The van der Waals surface area contributed by atoms with Gasteiger partial charge in [-0.3, -0.25) is 0 Å². The highest BCUT2D eigenvalue weighted by atomic mass is 79.9. The number of ether oxygens (including phenoxy) is 1. The van der Waals surface area contributed by atoms with Crippen molar-refractivity contribution in [2.75, 3.05) is 12.8 Å². The lowest BCUT2D eigenvalue weighted by atomic mass is 9.99. The smallest absolute Gasteiger partial charge is 0.162 e. The second kappa shape index (κ2) is 5.89. The fourth-order valence-corrected chi connectivity index (χ4v) is 2.68. The van der Waals surface area contributed by atoms with Gasteiger partial charge >= 0.3 is 0 Å². The van der Waals surface area contributed by atoms with Crippen LogP contribution in [0.4, 0.5) is 5.82 Å². The molecule has 1 aromatic carbocycles. The molecular formula is C15H18BrN3O. The lowest BCUT2D eigenvalue weighted by molar-refractivity contribution is 0.181. The number of benzene rings is 1. The van der Waals surface area contributed by atoms with E-state index in [1.807, 2.05) is 0 Å². The van der Waals surface area contributed by atoms with Crippen molar-refractivity contribution in [2.45, 2.75) is 27.4 Å². The average Bonchev–Trinajstić information content (AvgIpc) is 2.34. The van der Waals surface area contributed by atoms with Crippen LogP contribution in [0.3, 0.4) is 0 Å². The molecule has 4 nitrogen and oxygen atoms in total. The minimum atomic E-state index is 0.393. The summed E-state index contributed by atoms with van der Waals surface area (Å²) in [5.41, 5.74) is 11.3. The Bertz CT molecular complexity index is 633. The highest BCUT2D eigenvalue weighted by Crippen LogP contribution is 2.30. The predicted octanol–water partition coefficient (Wildman–Crippen LogP) is 3.56. The van der Waals surface area contributed by atoms with Crippen LogP contribution in [0.25, 0.3) is 11.4 Å². The maximum absolute atomic E-state index is 5.97. The molecule has 0 atom stereocenters. The van der Waals surface area contributed by atoms with E-state index in [2.05, 4.69) is 58.8 Å². The molecule has 20 heavy (non-hydrogen) atoms. The Morgan fingerprint density at radius 3 is 2.30 bits per heavy atom. The summed E-state index contributed by atoms with van der Waals surface area (Å²) < 4.78 is 5.86. The van der Waals surface area contributed by atoms with Crippen LogP contribution in [0, 0.1) is 20.8 Å². The highest BCUT2D eigenvalue weighted by molar-refractivity contribution is 9.10. The van der Waals surface area contributed by atoms with E-state index in [0.29, 0.717) is 22.7 Å². The van der Waals surface area contributed by atoms with Crippen LogP contribution < -0.4 is 5.73 Å². The molecule has 0 saturated heterocycles. The maximum Gasteiger partial charge on any atom is 0.162 e. The number of aromatic nitrogens is 2. The summed E-state index contributed by atoms with van der Waals surface area (Å²) in [7, 11) is 1.63. The molecule has 0 aliphatic heterocycles. The molecule has 2 rings (SSSR count). The zero-order valence-electron chi connectivity index (χ0n) is 12.1. The Morgan fingerprint density at radius 2 is 1.75 bits per heavy atom. The number of aryl methyl sites for hydroxylation is 3. The molecule has 0 saturated carbocycles. The van der Waals surface area contributed by atoms with Crippen molar-refractivity contribution in [1.82, 2.24) is 9.97 Å². The van der Waals surface area contributed by atoms with Crippen LogP contribution in [0.1, 0.15) is 22.4 Å². The third-order valence-electron chi connectivity index (χ3n) is 3.13. The molecule has 0 unspecified atom stereocenters. The third-order valence-corrected chi connectivity index (χ3v) is 3.99. The van der Waals surface area contributed by atoms with E-state index in [1.165, 1.54) is 5.56 Å². The molecule has 0 aliphatic carbocycles. The number of hydrogen-bond acceptors (Lipinski definition) is 4. The topological polar surface area (TPSA) is 61.0 Å². The van der Waals surface area contributed by atoms with Gasteiger partial charge in [0, 0.05) is 12.7 Å². The van der Waals surface area contributed by atoms with Crippen molar-refractivity contribution in [3.05, 3.63) is 39.0 Å². The highest BCUT2D eigenvalue weighted by Gasteiger charge is 2.15. The minimum absolute atomic E-state index is 0.393. The quantitative estimate of drug-likeness (QED) is 0.931. The van der Waals surface area contributed by atoms with Crippen molar-refractivity contribution in [1.29, 1.82) is 0 Å². The first-order chi connectivity index (χ1) is 9.43. The number of rotatable bonds is 3. The van der Waals surface area contributed by atoms with Gasteiger partial charge in [-0.05, 0) is 47.8 Å². The zero-order chi connectivity index (χ0) is 14.9. The van der Waals surface area contributed by atoms with E-state index in [-0.39, 0.29) is 0 Å². The van der Waals surface area contributed by atoms with Gasteiger partial charge < -0.3 is 10.5 Å². The van der Waals surface area contributed by atoms with Gasteiger partial charge in [0.05, 0.1) is 16.8 Å². The van der Waals surface area contributed by atoms with Gasteiger partial charge in [-0.15, -0.1) is 0 Å². The number of methoxy groups -OCH3 is 1. The van der Waals surface area contributed by atoms with Gasteiger partial charge in [-0.2, -0.15) is 0 Å². The number of nitrogen functional groups attached to an aromatic ring is 1. The Kier molecular flexibility index (Phi) is 4.40. The molecule has 2 aromatic rings. The molecule has 0 aliphatic rings. The monoisotopic (exact) mass is 335 g/mol. The van der Waals surface area contributed by atoms with Crippen LogP contribution in [-0.4, -0.2) is 17.1 Å². The first kappa shape index (κ1) is 14.9. The summed E-state index contributed by atoms with van der Waals surface area (Å²) >= 11 is 3.41. The van der Waals surface area contributed by atoms with Crippen LogP contribution >= 0.6 is 15.9 Å². The van der Waals surface area contributed by atoms with Gasteiger partial charge in [-0.1, -0.05) is 17.7 Å². The van der Waals surface area contributed by atoms with Crippen molar-refractivity contribution in [2.24, 2.45) is 0 Å². The molecule has 0 spiro atoms. The molecule has 0 amide bonds. The number of anilines is 1. The van der Waals surface area contributed by atoms with Crippen molar-refractivity contribution < 1.29 is 4.74 Å². The van der Waals surface area contributed by atoms with Gasteiger partial charge in [0.25, 0.3) is 0 Å². The van der Waals surface area contributed by atoms with E-state index in [9.17, 15) is 0 Å². The number of nitrogens with two attached hydrogens (primary N) is 1. The third kappa shape index (κ3) is 2.83. The Balaban J connectivity index is 2.64. The summed E-state index contributed by atoms with van der Waals surface area (Å²) in [5.74, 6) is 1.08. The minimum Gasteiger partial charge on any atom is -0.383 e. The largest absolute Gasteiger partial charge is 0.383 e. The molecule has 0 bridgehead atoms. The summed E-state index contributed by atoms with van der Waals surface area (Å²) in [6.45, 7) is 6.60. The number of nitrogens with zero attached hydrogens (tertiary/aromatic N) is 2. The van der Waals surface area contributed by atoms with Gasteiger partial charge in [-0.25, -0.2) is 9.97 Å². The Morgan fingerprint density at radius 1 is 1.15 bits per heavy atom. The number of halogens is 1. The van der Waals surface area contributed by atoms with E-state index >= 15 is 0 Å². The van der Waals surface area contributed by atoms with E-state index in [4.69, 9.17) is 10.5 Å². The normalized spacial score (nSPS) is 10.8. The van der Waals surface area contributed by atoms with Gasteiger partial charge in [0.15, 0.2) is 5.82 Å². The lowest BCUT2D eigenvalue weighted by Gasteiger charge is -2.13. The average molecular weight is 336 g/mol. The van der Waals surface area contributed by atoms with E-state index in [1.54, 1.807) is 7.11 Å². The molecular weight excluding hydrogens is 318 g/mol. The molecule has 0 fully saturated rings. The summed E-state index contributed by atoms with van der Waals surface area (Å²) in [5, 5.41) is 0. The van der Waals surface area contributed by atoms with Crippen molar-refractivity contribution in [3.63, 3.8) is 0 Å². The molecule has 1 heterocycles. The van der Waals surface area contributed by atoms with Crippen LogP contribution in [-0.2, 0) is 11.3 Å². The first-order valence-electron chi connectivity index (χ1n) is 6.33. The van der Waals surface area contributed by atoms with Gasteiger partial charge in [0.2, 0.25) is 0 Å². The number of hydrogen-bond donors (Lipinski definition) is 1. The van der Waals surface area contributed by atoms with E-state index < -0.39 is 0 Å². The van der Waals surface area contributed by atoms with Crippen LogP contribution in [0.15, 0.2) is 16.6 Å². The van der Waals surface area contributed by atoms with Crippen molar-refractivity contribution >= 4 is 21.7 Å². The summed E-state index contributed by atoms with van der Waals surface area (Å²) in [4.78, 5) is 8.98. The standard InChI is InChI=1S/C15H18BrN3O/c1-8-5-9(2)12(10(3)6-8)15-18-11(7-20-4)13(16)14(17)19-15/h5-6H,7H2,1-4H3,(H2,17,18,19). The van der Waals surface area contributed by atoms with E-state index in [0.717, 1.165) is 22.4 Å². The molecule has 1 aromatic heterocycles. The van der Waals surface area contributed by atoms with Crippen molar-refractivity contribution in [3.8, 4) is 11.4 Å². The maximum atomic E-state index is 5.97. The Labute approximate surface area is 127 Å². The van der Waals surface area contributed by atoms with Crippen LogP contribution in [0.5, 0.6) is 0 Å². The summed E-state index contributed by atoms with van der Waals surface area (Å²) in [6.07, 6.45) is 0. The Hall–Kier alpha value is -1.46. The lowest BCUT2D eigenvalue weighted by Crippen LogP contribution is -2.05. The zero-order valence-corrected chi connectivity index (χ0v) is 13.7. The predicted molar refractivity (Wildman–Crippen MR) is 84.5 cm³/mol. The second-order valence-electron chi connectivity index (χ2n) is 4.90. The first-order valence-corrected chi connectivity index (χ1v) is 7.12. The molecule has 106 valence electrons. The fraction of sp³-hybridized carbons (Fsp3) is 0.333. The molecule has 2 N–H and O–H groups in total. The summed E-state index contributed by atoms with van der Waals surface area (Å²) in [6, 6.07) is 4.25.